The lowest BCUT2D eigenvalue weighted by Gasteiger charge is -2.40. The van der Waals surface area contributed by atoms with Crippen molar-refractivity contribution < 1.29 is 8.42 Å². The van der Waals surface area contributed by atoms with E-state index in [9.17, 15) is 8.42 Å². The quantitative estimate of drug-likeness (QED) is 0.786. The van der Waals surface area contributed by atoms with Crippen LogP contribution in [-0.2, 0) is 10.2 Å². The fourth-order valence-corrected chi connectivity index (χ4v) is 5.21. The molecule has 6 nitrogen and oxygen atoms in total. The minimum Gasteiger partial charge on any atom is -0.319 e. The Morgan fingerprint density at radius 3 is 2.33 bits per heavy atom. The van der Waals surface area contributed by atoms with Crippen LogP contribution in [0.1, 0.15) is 25.7 Å². The van der Waals surface area contributed by atoms with Crippen LogP contribution in [0, 0.1) is 5.92 Å². The van der Waals surface area contributed by atoms with E-state index >= 15 is 0 Å². The van der Waals surface area contributed by atoms with Gasteiger partial charge in [0.05, 0.1) is 0 Å². The van der Waals surface area contributed by atoms with Crippen molar-refractivity contribution >= 4 is 10.2 Å². The Kier molecular flexibility index (Phi) is 6.02. The summed E-state index contributed by atoms with van der Waals surface area (Å²) in [6, 6.07) is 0.339. The Bertz CT molecular complexity index is 425. The van der Waals surface area contributed by atoms with Gasteiger partial charge in [-0.05, 0) is 59.3 Å². The first-order valence-corrected chi connectivity index (χ1v) is 9.41. The molecule has 0 aliphatic carbocycles. The van der Waals surface area contributed by atoms with E-state index in [0.717, 1.165) is 32.2 Å². The molecule has 0 radical (unpaired) electrons. The number of piperidine rings is 2. The van der Waals surface area contributed by atoms with Crippen LogP contribution in [0.25, 0.3) is 0 Å². The summed E-state index contributed by atoms with van der Waals surface area (Å²) in [6.45, 7) is 3.52. The molecular formula is C14H30N4O2S. The number of hydrogen-bond acceptors (Lipinski definition) is 4. The summed E-state index contributed by atoms with van der Waals surface area (Å²) < 4.78 is 29.1. The Hall–Kier alpha value is -0.210. The molecule has 2 saturated heterocycles. The first-order valence-electron chi connectivity index (χ1n) is 8.01. The monoisotopic (exact) mass is 318 g/mol. The third kappa shape index (κ3) is 4.16. The zero-order valence-corrected chi connectivity index (χ0v) is 14.4. The van der Waals surface area contributed by atoms with E-state index in [4.69, 9.17) is 0 Å². The molecule has 2 rings (SSSR count). The highest BCUT2D eigenvalue weighted by Gasteiger charge is 2.36. The minimum atomic E-state index is -3.29. The van der Waals surface area contributed by atoms with Gasteiger partial charge >= 0.3 is 0 Å². The molecule has 7 heteroatoms. The molecule has 0 amide bonds. The zero-order valence-electron chi connectivity index (χ0n) is 13.6. The number of nitrogens with one attached hydrogen (secondary N) is 1. The molecule has 124 valence electrons. The van der Waals surface area contributed by atoms with E-state index in [1.165, 1.54) is 0 Å². The van der Waals surface area contributed by atoms with Crippen molar-refractivity contribution in [2.75, 3.05) is 53.9 Å². The van der Waals surface area contributed by atoms with Gasteiger partial charge in [-0.15, -0.1) is 0 Å². The molecule has 0 aromatic carbocycles. The second-order valence-electron chi connectivity index (χ2n) is 6.55. The van der Waals surface area contributed by atoms with Crippen LogP contribution in [0.2, 0.25) is 0 Å². The van der Waals surface area contributed by atoms with Gasteiger partial charge in [0.15, 0.2) is 0 Å². The smallest absolute Gasteiger partial charge is 0.282 e. The highest BCUT2D eigenvalue weighted by molar-refractivity contribution is 7.86. The van der Waals surface area contributed by atoms with Crippen LogP contribution in [0.3, 0.4) is 0 Å². The first-order chi connectivity index (χ1) is 9.95. The predicted molar refractivity (Wildman–Crippen MR) is 85.4 cm³/mol. The lowest BCUT2D eigenvalue weighted by molar-refractivity contribution is 0.175. The van der Waals surface area contributed by atoms with Gasteiger partial charge in [0.1, 0.15) is 0 Å². The van der Waals surface area contributed by atoms with Crippen molar-refractivity contribution in [3.63, 3.8) is 0 Å². The zero-order chi connectivity index (χ0) is 15.5. The summed E-state index contributed by atoms with van der Waals surface area (Å²) >= 11 is 0. The highest BCUT2D eigenvalue weighted by Crippen LogP contribution is 2.24. The standard InChI is InChI=1S/C14H30N4O2S/c1-15-10-13-6-4-8-17(11-13)21(19,20)18-9-5-7-14(12-18)16(2)3/h13-15H,4-12H2,1-3H3. The van der Waals surface area contributed by atoms with Crippen molar-refractivity contribution in [2.45, 2.75) is 31.7 Å². The maximum absolute atomic E-state index is 12.9. The molecule has 2 aliphatic rings. The molecule has 21 heavy (non-hydrogen) atoms. The fraction of sp³-hybridized carbons (Fsp3) is 1.00. The van der Waals surface area contributed by atoms with E-state index in [1.54, 1.807) is 8.61 Å². The third-order valence-corrected chi connectivity index (χ3v) is 6.69. The summed E-state index contributed by atoms with van der Waals surface area (Å²) in [7, 11) is 2.70. The Morgan fingerprint density at radius 2 is 1.71 bits per heavy atom. The van der Waals surface area contributed by atoms with E-state index in [1.807, 2.05) is 21.1 Å². The van der Waals surface area contributed by atoms with E-state index in [2.05, 4.69) is 10.2 Å². The van der Waals surface area contributed by atoms with Gasteiger partial charge < -0.3 is 10.2 Å². The lowest BCUT2D eigenvalue weighted by Crippen LogP contribution is -2.54. The molecular weight excluding hydrogens is 288 g/mol. The van der Waals surface area contributed by atoms with Crippen molar-refractivity contribution in [1.82, 2.24) is 18.8 Å². The predicted octanol–water partition coefficient (Wildman–Crippen LogP) is 0.189. The number of rotatable bonds is 5. The molecule has 0 spiro atoms. The van der Waals surface area contributed by atoms with E-state index in [-0.39, 0.29) is 0 Å². The summed E-state index contributed by atoms with van der Waals surface area (Å²) in [5.74, 6) is 0.438. The third-order valence-electron chi connectivity index (χ3n) is 4.72. The van der Waals surface area contributed by atoms with Gasteiger partial charge in [-0.1, -0.05) is 0 Å². The fourth-order valence-electron chi connectivity index (χ4n) is 3.41. The summed E-state index contributed by atoms with van der Waals surface area (Å²) in [4.78, 5) is 2.14. The molecule has 2 atom stereocenters. The van der Waals surface area contributed by atoms with Crippen molar-refractivity contribution in [3.8, 4) is 0 Å². The van der Waals surface area contributed by atoms with Crippen LogP contribution in [0.5, 0.6) is 0 Å². The summed E-state index contributed by atoms with van der Waals surface area (Å²) in [5, 5.41) is 3.17. The van der Waals surface area contributed by atoms with Gasteiger partial charge in [0, 0.05) is 32.2 Å². The topological polar surface area (TPSA) is 55.9 Å². The molecule has 0 aromatic heterocycles. The normalized spacial score (nSPS) is 29.9. The Morgan fingerprint density at radius 1 is 1.10 bits per heavy atom. The summed E-state index contributed by atoms with van der Waals surface area (Å²) in [5.41, 5.74) is 0. The van der Waals surface area contributed by atoms with E-state index < -0.39 is 10.2 Å². The molecule has 2 heterocycles. The molecule has 0 saturated carbocycles. The summed E-state index contributed by atoms with van der Waals surface area (Å²) in [6.07, 6.45) is 4.13. The maximum atomic E-state index is 12.9. The molecule has 0 aromatic rings. The molecule has 0 bridgehead atoms. The second kappa shape index (κ2) is 7.37. The average molecular weight is 318 g/mol. The van der Waals surface area contributed by atoms with Gasteiger partial charge in [0.2, 0.25) is 0 Å². The van der Waals surface area contributed by atoms with Gasteiger partial charge in [-0.25, -0.2) is 0 Å². The first kappa shape index (κ1) is 17.1. The van der Waals surface area contributed by atoms with Gasteiger partial charge in [-0.3, -0.25) is 0 Å². The highest BCUT2D eigenvalue weighted by atomic mass is 32.2. The SMILES string of the molecule is CNCC1CCCN(S(=O)(=O)N2CCCC(N(C)C)C2)C1. The molecule has 2 aliphatic heterocycles. The van der Waals surface area contributed by atoms with Crippen LogP contribution in [-0.4, -0.2) is 81.8 Å². The number of nitrogens with zero attached hydrogens (tertiary/aromatic N) is 3. The number of hydrogen-bond donors (Lipinski definition) is 1. The minimum absolute atomic E-state index is 0.339. The van der Waals surface area contributed by atoms with Gasteiger partial charge in [-0.2, -0.15) is 17.0 Å². The largest absolute Gasteiger partial charge is 0.319 e. The Balaban J connectivity index is 2.03. The van der Waals surface area contributed by atoms with Crippen molar-refractivity contribution in [1.29, 1.82) is 0 Å². The lowest BCUT2D eigenvalue weighted by atomic mass is 10.00. The molecule has 2 unspecified atom stereocenters. The van der Waals surface area contributed by atoms with Crippen LogP contribution < -0.4 is 5.32 Å². The van der Waals surface area contributed by atoms with Gasteiger partial charge in [0.25, 0.3) is 10.2 Å². The Labute approximate surface area is 129 Å². The number of likely N-dealkylation sites (N-methyl/N-ethyl adjacent to an activating group) is 1. The van der Waals surface area contributed by atoms with Crippen molar-refractivity contribution in [3.05, 3.63) is 0 Å². The second-order valence-corrected chi connectivity index (χ2v) is 8.48. The van der Waals surface area contributed by atoms with Crippen LogP contribution in [0.4, 0.5) is 0 Å². The maximum Gasteiger partial charge on any atom is 0.282 e. The molecule has 1 N–H and O–H groups in total. The average Bonchev–Trinajstić information content (AvgIpc) is 2.48. The van der Waals surface area contributed by atoms with Crippen molar-refractivity contribution in [2.24, 2.45) is 5.92 Å². The van der Waals surface area contributed by atoms with Crippen LogP contribution in [0.15, 0.2) is 0 Å². The van der Waals surface area contributed by atoms with E-state index in [0.29, 0.717) is 38.1 Å². The molecule has 2 fully saturated rings. The van der Waals surface area contributed by atoms with Crippen LogP contribution >= 0.6 is 0 Å².